The number of para-hydroxylation sites is 2. The average Bonchev–Trinajstić information content (AvgIpc) is 3.24. The van der Waals surface area contributed by atoms with Gasteiger partial charge >= 0.3 is 6.18 Å². The summed E-state index contributed by atoms with van der Waals surface area (Å²) in [4.78, 5) is 54.7. The van der Waals surface area contributed by atoms with E-state index < -0.39 is 23.0 Å². The Morgan fingerprint density at radius 2 is 1.18 bits per heavy atom. The number of H-pyrrole nitrogens is 1. The van der Waals surface area contributed by atoms with Crippen molar-refractivity contribution in [2.45, 2.75) is 12.7 Å². The molecule has 4 heterocycles. The maximum atomic E-state index is 13.3. The summed E-state index contributed by atoms with van der Waals surface area (Å²) in [5.41, 5.74) is 0.805. The number of aromatic amines is 1. The summed E-state index contributed by atoms with van der Waals surface area (Å²) < 4.78 is 63.1. The first-order valence-electron chi connectivity index (χ1n) is 17.8. The zero-order chi connectivity index (χ0) is 39.7. The van der Waals surface area contributed by atoms with E-state index >= 15 is 0 Å². The van der Waals surface area contributed by atoms with Crippen LogP contribution in [0.5, 0.6) is 23.0 Å². The predicted molar refractivity (Wildman–Crippen MR) is 205 cm³/mol. The zero-order valence-electron chi connectivity index (χ0n) is 29.9. The molecule has 2 aliphatic rings. The highest BCUT2D eigenvalue weighted by atomic mass is 19.4. The summed E-state index contributed by atoms with van der Waals surface area (Å²) in [5.74, 6) is 1.23. The van der Waals surface area contributed by atoms with Gasteiger partial charge in [0.05, 0.1) is 22.2 Å². The van der Waals surface area contributed by atoms with Gasteiger partial charge in [0.25, 0.3) is 0 Å². The number of carbonyl (C=O) groups excluding carboxylic acids is 2. The molecule has 2 aliphatic heterocycles. The van der Waals surface area contributed by atoms with Crippen LogP contribution in [0.25, 0.3) is 21.8 Å². The maximum Gasteiger partial charge on any atom is 0.416 e. The number of aromatic nitrogens is 2. The van der Waals surface area contributed by atoms with Crippen LogP contribution in [-0.2, 0) is 12.7 Å². The lowest BCUT2D eigenvalue weighted by molar-refractivity contribution is -0.137. The molecular formula is C44H31F3N2O8. The van der Waals surface area contributed by atoms with E-state index in [0.29, 0.717) is 82.4 Å². The molecule has 0 bridgehead atoms. The first-order chi connectivity index (χ1) is 27.5. The summed E-state index contributed by atoms with van der Waals surface area (Å²) in [6, 6.07) is 28.4. The van der Waals surface area contributed by atoms with Gasteiger partial charge < -0.3 is 28.5 Å². The van der Waals surface area contributed by atoms with E-state index in [-0.39, 0.29) is 34.4 Å². The molecule has 0 unspecified atom stereocenters. The number of hydrogen-bond donors (Lipinski definition) is 1. The Balaban J connectivity index is 0.000000172. The fourth-order valence-electron chi connectivity index (χ4n) is 6.70. The van der Waals surface area contributed by atoms with E-state index in [9.17, 15) is 32.3 Å². The van der Waals surface area contributed by atoms with Crippen LogP contribution >= 0.6 is 0 Å². The molecule has 0 atom stereocenters. The number of benzene rings is 5. The van der Waals surface area contributed by atoms with Crippen LogP contribution < -0.4 is 29.8 Å². The Kier molecular flexibility index (Phi) is 9.80. The van der Waals surface area contributed by atoms with Crippen LogP contribution in [0.3, 0.4) is 0 Å². The van der Waals surface area contributed by atoms with Gasteiger partial charge in [-0.3, -0.25) is 19.2 Å². The molecule has 10 nitrogen and oxygen atoms in total. The third kappa shape index (κ3) is 7.46. The molecule has 5 aromatic carbocycles. The summed E-state index contributed by atoms with van der Waals surface area (Å²) in [6.45, 7) is 1.74. The van der Waals surface area contributed by atoms with E-state index in [1.165, 1.54) is 24.5 Å². The molecule has 0 spiro atoms. The van der Waals surface area contributed by atoms with Crippen molar-refractivity contribution in [2.24, 2.45) is 0 Å². The molecular weight excluding hydrogens is 741 g/mol. The number of hydrogen-bond acceptors (Lipinski definition) is 8. The number of halogens is 3. The minimum absolute atomic E-state index is 0.0478. The summed E-state index contributed by atoms with van der Waals surface area (Å²) in [5, 5.41) is 0.800. The van der Waals surface area contributed by atoms with Crippen LogP contribution in [0.1, 0.15) is 43.0 Å². The van der Waals surface area contributed by atoms with Gasteiger partial charge in [-0.25, -0.2) is 0 Å². The van der Waals surface area contributed by atoms with Gasteiger partial charge in [-0.15, -0.1) is 0 Å². The van der Waals surface area contributed by atoms with Crippen molar-refractivity contribution in [3.63, 3.8) is 0 Å². The molecule has 2 aromatic heterocycles. The van der Waals surface area contributed by atoms with Gasteiger partial charge in [0.1, 0.15) is 26.4 Å². The third-order valence-corrected chi connectivity index (χ3v) is 9.48. The first kappa shape index (κ1) is 36.8. The highest BCUT2D eigenvalue weighted by molar-refractivity contribution is 6.11. The molecule has 57 heavy (non-hydrogen) atoms. The topological polar surface area (TPSA) is 126 Å². The molecule has 0 fully saturated rings. The number of ether oxygens (including phenoxy) is 4. The number of pyridine rings is 2. The Morgan fingerprint density at radius 3 is 1.82 bits per heavy atom. The van der Waals surface area contributed by atoms with Crippen LogP contribution in [0.2, 0.25) is 0 Å². The van der Waals surface area contributed by atoms with Crippen LogP contribution in [-0.4, -0.2) is 47.5 Å². The Labute approximate surface area is 321 Å². The number of fused-ring (bicyclic) bond motifs is 4. The van der Waals surface area contributed by atoms with Crippen molar-refractivity contribution in [1.82, 2.24) is 9.55 Å². The second-order valence-corrected chi connectivity index (χ2v) is 13.2. The van der Waals surface area contributed by atoms with Gasteiger partial charge in [-0.1, -0.05) is 36.4 Å². The maximum absolute atomic E-state index is 13.3. The summed E-state index contributed by atoms with van der Waals surface area (Å²) in [7, 11) is 0. The smallest absolute Gasteiger partial charge is 0.416 e. The fourth-order valence-corrected chi connectivity index (χ4v) is 6.70. The first-order valence-corrected chi connectivity index (χ1v) is 17.8. The highest BCUT2D eigenvalue weighted by Crippen LogP contribution is 2.33. The fraction of sp³-hybridized carbons (Fsp3) is 0.136. The molecule has 7 aromatic rings. The minimum atomic E-state index is -4.47. The van der Waals surface area contributed by atoms with Gasteiger partial charge in [0.2, 0.25) is 10.9 Å². The van der Waals surface area contributed by atoms with Crippen LogP contribution in [0.4, 0.5) is 13.2 Å². The van der Waals surface area contributed by atoms with Crippen LogP contribution in [0, 0.1) is 0 Å². The average molecular weight is 773 g/mol. The SMILES string of the molecule is O=C(c1ccc2c(c1)OCCO2)c1c[nH]c2ccccc2c1=O.O=C(c1ccc2c(c1)OCCO2)c1cn(Cc2cccc(C(F)(F)F)c2)c2ccccc2c1=O. The van der Waals surface area contributed by atoms with Gasteiger partial charge in [0.15, 0.2) is 34.6 Å². The van der Waals surface area contributed by atoms with Crippen molar-refractivity contribution in [2.75, 3.05) is 26.4 Å². The third-order valence-electron chi connectivity index (χ3n) is 9.48. The van der Waals surface area contributed by atoms with E-state index in [2.05, 4.69) is 4.98 Å². The van der Waals surface area contributed by atoms with Gasteiger partial charge in [-0.2, -0.15) is 13.2 Å². The monoisotopic (exact) mass is 772 g/mol. The molecule has 9 rings (SSSR count). The van der Waals surface area contributed by atoms with Crippen molar-refractivity contribution in [3.8, 4) is 23.0 Å². The lowest BCUT2D eigenvalue weighted by Crippen LogP contribution is -2.21. The quantitative estimate of drug-likeness (QED) is 0.171. The number of rotatable bonds is 6. The van der Waals surface area contributed by atoms with Crippen molar-refractivity contribution in [3.05, 3.63) is 175 Å². The zero-order valence-corrected chi connectivity index (χ0v) is 29.9. The van der Waals surface area contributed by atoms with E-state index in [0.717, 1.165) is 12.1 Å². The predicted octanol–water partition coefficient (Wildman–Crippen LogP) is 7.60. The number of alkyl halides is 3. The number of nitrogens with zero attached hydrogens (tertiary/aromatic N) is 1. The second kappa shape index (κ2) is 15.2. The lowest BCUT2D eigenvalue weighted by atomic mass is 10.0. The summed E-state index contributed by atoms with van der Waals surface area (Å²) in [6.07, 6.45) is -1.60. The standard InChI is InChI=1S/C26H18F3NO4.C18H13NO4/c27-26(28,29)18-5-3-4-16(12-18)14-30-15-20(25(32)19-6-1-2-7-21(19)30)24(31)17-8-9-22-23(13-17)34-11-10-33-22;20-17(11-5-6-15-16(9-11)23-8-7-22-15)13-10-19-14-4-2-1-3-12(14)18(13)21/h1-9,12-13,15H,10-11,14H2;1-6,9-10H,7-8H2,(H,19,21). The number of carbonyl (C=O) groups is 2. The Morgan fingerprint density at radius 1 is 0.614 bits per heavy atom. The summed E-state index contributed by atoms with van der Waals surface area (Å²) >= 11 is 0. The molecule has 0 amide bonds. The van der Waals surface area contributed by atoms with Crippen molar-refractivity contribution >= 4 is 33.4 Å². The van der Waals surface area contributed by atoms with Crippen LogP contribution in [0.15, 0.2) is 131 Å². The Hall–Kier alpha value is -7.15. The number of nitrogens with one attached hydrogen (secondary N) is 1. The molecule has 0 saturated carbocycles. The second-order valence-electron chi connectivity index (χ2n) is 13.2. The molecule has 0 saturated heterocycles. The highest BCUT2D eigenvalue weighted by Gasteiger charge is 2.30. The molecule has 0 aliphatic carbocycles. The number of ketones is 2. The van der Waals surface area contributed by atoms with Crippen molar-refractivity contribution < 1.29 is 41.7 Å². The van der Waals surface area contributed by atoms with Gasteiger partial charge in [0, 0.05) is 46.4 Å². The normalized spacial score (nSPS) is 13.1. The molecule has 1 N–H and O–H groups in total. The van der Waals surface area contributed by atoms with E-state index in [4.69, 9.17) is 18.9 Å². The Bertz CT molecular complexity index is 2830. The molecule has 286 valence electrons. The molecule has 13 heteroatoms. The largest absolute Gasteiger partial charge is 0.486 e. The van der Waals surface area contributed by atoms with E-state index in [1.54, 1.807) is 83.4 Å². The lowest BCUT2D eigenvalue weighted by Gasteiger charge is -2.19. The van der Waals surface area contributed by atoms with Crippen molar-refractivity contribution in [1.29, 1.82) is 0 Å². The minimum Gasteiger partial charge on any atom is -0.486 e. The molecule has 0 radical (unpaired) electrons. The van der Waals surface area contributed by atoms with E-state index in [1.807, 2.05) is 6.07 Å². The van der Waals surface area contributed by atoms with Gasteiger partial charge in [-0.05, 0) is 78.4 Å².